The molecule has 2 N–H and O–H groups in total. The first kappa shape index (κ1) is 20.6. The standard InChI is InChI=1S/C15H19Cl3N4.ClH/c1-14(2)5-8(6-15(3,4)22-14)20-13-11(17)10(16)9(7-19)12(18)21-13;/h8,22H,5-6H2,1-4H3,(H,20,21);1H. The summed E-state index contributed by atoms with van der Waals surface area (Å²) in [5, 5.41) is 16.4. The van der Waals surface area contributed by atoms with Gasteiger partial charge in [0.1, 0.15) is 22.5 Å². The van der Waals surface area contributed by atoms with Gasteiger partial charge in [0.05, 0.1) is 5.02 Å². The second-order valence-electron chi connectivity index (χ2n) is 7.01. The van der Waals surface area contributed by atoms with Gasteiger partial charge in [-0.25, -0.2) is 4.98 Å². The average molecular weight is 398 g/mol. The maximum Gasteiger partial charge on any atom is 0.150 e. The van der Waals surface area contributed by atoms with Crippen molar-refractivity contribution in [3.8, 4) is 6.07 Å². The van der Waals surface area contributed by atoms with Crippen LogP contribution in [0.1, 0.15) is 46.1 Å². The van der Waals surface area contributed by atoms with Crippen LogP contribution in [0.2, 0.25) is 15.2 Å². The van der Waals surface area contributed by atoms with Gasteiger partial charge in [0.25, 0.3) is 0 Å². The fraction of sp³-hybridized carbons (Fsp3) is 0.600. The molecule has 128 valence electrons. The second-order valence-corrected chi connectivity index (χ2v) is 8.12. The van der Waals surface area contributed by atoms with Crippen molar-refractivity contribution in [1.29, 1.82) is 5.26 Å². The van der Waals surface area contributed by atoms with E-state index in [2.05, 4.69) is 43.3 Å². The van der Waals surface area contributed by atoms with Crippen LogP contribution < -0.4 is 10.6 Å². The van der Waals surface area contributed by atoms with Crippen molar-refractivity contribution < 1.29 is 0 Å². The second kappa shape index (κ2) is 7.21. The smallest absolute Gasteiger partial charge is 0.150 e. The molecule has 0 atom stereocenters. The van der Waals surface area contributed by atoms with E-state index in [1.807, 2.05) is 6.07 Å². The van der Waals surface area contributed by atoms with Gasteiger partial charge in [-0.3, -0.25) is 0 Å². The normalized spacial score (nSPS) is 19.6. The maximum absolute atomic E-state index is 9.03. The number of nitrogens with zero attached hydrogens (tertiary/aromatic N) is 2. The van der Waals surface area contributed by atoms with E-state index < -0.39 is 0 Å². The number of aromatic nitrogens is 1. The topological polar surface area (TPSA) is 60.7 Å². The van der Waals surface area contributed by atoms with Crippen molar-refractivity contribution in [2.45, 2.75) is 57.7 Å². The predicted molar refractivity (Wildman–Crippen MR) is 99.2 cm³/mol. The van der Waals surface area contributed by atoms with Crippen molar-refractivity contribution in [1.82, 2.24) is 10.3 Å². The Morgan fingerprint density at radius 2 is 1.65 bits per heavy atom. The molecule has 23 heavy (non-hydrogen) atoms. The van der Waals surface area contributed by atoms with Gasteiger partial charge in [0.2, 0.25) is 0 Å². The Labute approximate surface area is 158 Å². The molecule has 0 amide bonds. The predicted octanol–water partition coefficient (Wildman–Crippen LogP) is 5.06. The van der Waals surface area contributed by atoms with Gasteiger partial charge in [-0.1, -0.05) is 34.8 Å². The quantitative estimate of drug-likeness (QED) is 0.685. The fourth-order valence-electron chi connectivity index (χ4n) is 3.32. The zero-order valence-electron chi connectivity index (χ0n) is 13.4. The lowest BCUT2D eigenvalue weighted by Crippen LogP contribution is -2.60. The molecule has 1 saturated heterocycles. The van der Waals surface area contributed by atoms with E-state index in [9.17, 15) is 0 Å². The van der Waals surface area contributed by atoms with Crippen molar-refractivity contribution in [2.24, 2.45) is 0 Å². The average Bonchev–Trinajstić information content (AvgIpc) is 2.32. The van der Waals surface area contributed by atoms with Crippen LogP contribution in [0.25, 0.3) is 0 Å². The summed E-state index contributed by atoms with van der Waals surface area (Å²) in [4.78, 5) is 4.19. The minimum atomic E-state index is -0.00786. The van der Waals surface area contributed by atoms with Crippen molar-refractivity contribution in [2.75, 3.05) is 5.32 Å². The minimum Gasteiger partial charge on any atom is -0.366 e. The first-order chi connectivity index (χ1) is 10.0. The molecule has 4 nitrogen and oxygen atoms in total. The monoisotopic (exact) mass is 396 g/mol. The number of hydrogen-bond donors (Lipinski definition) is 2. The SMILES string of the molecule is CC1(C)CC(Nc2nc(Cl)c(C#N)c(Cl)c2Cl)CC(C)(C)N1.Cl. The molecule has 0 aromatic carbocycles. The van der Waals surface area contributed by atoms with E-state index in [0.717, 1.165) is 12.8 Å². The number of piperidine rings is 1. The van der Waals surface area contributed by atoms with Crippen LogP contribution in [0.15, 0.2) is 0 Å². The highest BCUT2D eigenvalue weighted by Gasteiger charge is 2.38. The van der Waals surface area contributed by atoms with Crippen LogP contribution >= 0.6 is 47.2 Å². The highest BCUT2D eigenvalue weighted by molar-refractivity contribution is 6.45. The molecular weight excluding hydrogens is 378 g/mol. The molecule has 1 aliphatic heterocycles. The van der Waals surface area contributed by atoms with Gasteiger partial charge in [-0.15, -0.1) is 12.4 Å². The summed E-state index contributed by atoms with van der Waals surface area (Å²) in [5.74, 6) is 0.425. The van der Waals surface area contributed by atoms with E-state index in [0.29, 0.717) is 5.82 Å². The molecule has 0 aliphatic carbocycles. The van der Waals surface area contributed by atoms with Gasteiger partial charge in [-0.05, 0) is 40.5 Å². The first-order valence-corrected chi connectivity index (χ1v) is 8.18. The zero-order valence-corrected chi connectivity index (χ0v) is 16.5. The summed E-state index contributed by atoms with van der Waals surface area (Å²) in [7, 11) is 0. The third-order valence-electron chi connectivity index (χ3n) is 3.68. The van der Waals surface area contributed by atoms with Crippen LogP contribution in [0, 0.1) is 11.3 Å². The van der Waals surface area contributed by atoms with E-state index in [1.165, 1.54) is 0 Å². The Morgan fingerprint density at radius 1 is 1.13 bits per heavy atom. The maximum atomic E-state index is 9.03. The Morgan fingerprint density at radius 3 is 2.13 bits per heavy atom. The Kier molecular flexibility index (Phi) is 6.46. The Hall–Kier alpha value is -0.440. The molecule has 1 aromatic heterocycles. The molecule has 8 heteroatoms. The number of nitrogens with one attached hydrogen (secondary N) is 2. The van der Waals surface area contributed by atoms with Gasteiger partial charge < -0.3 is 10.6 Å². The molecule has 0 unspecified atom stereocenters. The molecule has 1 aliphatic rings. The van der Waals surface area contributed by atoms with E-state index in [4.69, 9.17) is 40.1 Å². The molecule has 0 bridgehead atoms. The third kappa shape index (κ3) is 4.78. The van der Waals surface area contributed by atoms with E-state index in [1.54, 1.807) is 0 Å². The summed E-state index contributed by atoms with van der Waals surface area (Å²) < 4.78 is 0. The lowest BCUT2D eigenvalue weighted by atomic mass is 9.79. The van der Waals surface area contributed by atoms with Gasteiger partial charge >= 0.3 is 0 Å². The van der Waals surface area contributed by atoms with Gasteiger partial charge in [-0.2, -0.15) is 5.26 Å². The molecule has 2 rings (SSSR count). The molecule has 0 radical (unpaired) electrons. The Balaban J connectivity index is 0.00000264. The zero-order chi connectivity index (χ0) is 16.7. The summed E-state index contributed by atoms with van der Waals surface area (Å²) in [5.41, 5.74) is 0.0860. The van der Waals surface area contributed by atoms with Crippen molar-refractivity contribution >= 4 is 53.0 Å². The van der Waals surface area contributed by atoms with Crippen molar-refractivity contribution in [3.05, 3.63) is 20.8 Å². The summed E-state index contributed by atoms with van der Waals surface area (Å²) in [6.07, 6.45) is 1.81. The largest absolute Gasteiger partial charge is 0.366 e. The molecule has 1 fully saturated rings. The molecule has 0 spiro atoms. The van der Waals surface area contributed by atoms with Crippen LogP contribution in [0.4, 0.5) is 5.82 Å². The molecule has 2 heterocycles. The van der Waals surface area contributed by atoms with E-state index >= 15 is 0 Å². The van der Waals surface area contributed by atoms with Crippen LogP contribution in [-0.4, -0.2) is 22.1 Å². The summed E-state index contributed by atoms with van der Waals surface area (Å²) in [6.45, 7) is 8.65. The number of anilines is 1. The number of nitriles is 1. The number of pyridine rings is 1. The van der Waals surface area contributed by atoms with Crippen LogP contribution in [-0.2, 0) is 0 Å². The molecule has 0 saturated carbocycles. The van der Waals surface area contributed by atoms with Gasteiger partial charge in [0, 0.05) is 17.1 Å². The summed E-state index contributed by atoms with van der Waals surface area (Å²) in [6, 6.07) is 2.09. The molecule has 1 aromatic rings. The minimum absolute atomic E-state index is 0. The Bertz CT molecular complexity index is 621. The number of halogens is 4. The van der Waals surface area contributed by atoms with Crippen molar-refractivity contribution in [3.63, 3.8) is 0 Å². The highest BCUT2D eigenvalue weighted by atomic mass is 35.5. The van der Waals surface area contributed by atoms with Crippen LogP contribution in [0.3, 0.4) is 0 Å². The van der Waals surface area contributed by atoms with Crippen LogP contribution in [0.5, 0.6) is 0 Å². The lowest BCUT2D eigenvalue weighted by Gasteiger charge is -2.46. The fourth-order valence-corrected chi connectivity index (χ4v) is 4.00. The number of rotatable bonds is 2. The summed E-state index contributed by atoms with van der Waals surface area (Å²) >= 11 is 18.3. The first-order valence-electron chi connectivity index (χ1n) is 7.05. The molecular formula is C15H20Cl4N4. The highest BCUT2D eigenvalue weighted by Crippen LogP contribution is 2.37. The number of hydrogen-bond acceptors (Lipinski definition) is 4. The lowest BCUT2D eigenvalue weighted by molar-refractivity contribution is 0.170. The van der Waals surface area contributed by atoms with E-state index in [-0.39, 0.29) is 50.3 Å². The van der Waals surface area contributed by atoms with Gasteiger partial charge in [0.15, 0.2) is 5.15 Å². The third-order valence-corrected chi connectivity index (χ3v) is 4.80.